The molecule has 1 nitrogen and oxygen atoms in total. The molecule has 5 rings (SSSR count). The van der Waals surface area contributed by atoms with Crippen LogP contribution in [0.2, 0.25) is 0 Å². The molecule has 182 valence electrons. The highest BCUT2D eigenvalue weighted by molar-refractivity contribution is 7.85. The first-order chi connectivity index (χ1) is 17.9. The predicted molar refractivity (Wildman–Crippen MR) is 160 cm³/mol. The summed E-state index contributed by atoms with van der Waals surface area (Å²) in [5.74, 6) is 0. The van der Waals surface area contributed by atoms with Crippen molar-refractivity contribution >= 4 is 34.7 Å². The highest BCUT2D eigenvalue weighted by Gasteiger charge is 2.33. The Bertz CT molecular complexity index is 1560. The summed E-state index contributed by atoms with van der Waals surface area (Å²) in [6.45, 7) is 6.20. The van der Waals surface area contributed by atoms with E-state index in [1.54, 1.807) is 0 Å². The minimum Gasteiger partial charge on any atom is -0.309 e. The fourth-order valence-corrected chi connectivity index (χ4v) is 7.99. The van der Waals surface area contributed by atoms with Crippen LogP contribution in [0.25, 0.3) is 11.6 Å². The molecule has 0 saturated heterocycles. The van der Waals surface area contributed by atoms with Crippen LogP contribution in [-0.4, -0.2) is 0 Å². The van der Waals surface area contributed by atoms with Gasteiger partial charge in [-0.25, -0.2) is 0 Å². The Hall–Kier alpha value is -3.93. The van der Waals surface area contributed by atoms with Crippen molar-refractivity contribution in [2.45, 2.75) is 20.8 Å². The maximum Gasteiger partial charge on any atom is 0.171 e. The molecule has 0 saturated carbocycles. The molecule has 0 aliphatic heterocycles. The van der Waals surface area contributed by atoms with Gasteiger partial charge in [-0.15, -0.1) is 0 Å². The van der Waals surface area contributed by atoms with Gasteiger partial charge in [0.15, 0.2) is 7.14 Å². The van der Waals surface area contributed by atoms with Gasteiger partial charge in [0.1, 0.15) is 0 Å². The maximum absolute atomic E-state index is 15.7. The van der Waals surface area contributed by atoms with E-state index < -0.39 is 7.14 Å². The first kappa shape index (κ1) is 24.8. The minimum atomic E-state index is -3.21. The largest absolute Gasteiger partial charge is 0.309 e. The van der Waals surface area contributed by atoms with Crippen LogP contribution < -0.4 is 15.9 Å². The van der Waals surface area contributed by atoms with E-state index in [9.17, 15) is 0 Å². The van der Waals surface area contributed by atoms with Gasteiger partial charge in [0, 0.05) is 15.9 Å². The Balaban J connectivity index is 1.86. The molecule has 0 atom stereocenters. The van der Waals surface area contributed by atoms with E-state index in [1.165, 1.54) is 0 Å². The normalized spacial score (nSPS) is 11.9. The molecule has 0 radical (unpaired) electrons. The molecule has 0 aliphatic rings. The van der Waals surface area contributed by atoms with Crippen LogP contribution in [0, 0.1) is 20.8 Å². The van der Waals surface area contributed by atoms with E-state index in [1.807, 2.05) is 36.4 Å². The molecule has 2 heteroatoms. The zero-order chi connectivity index (χ0) is 25.8. The second kappa shape index (κ2) is 10.6. The molecule has 0 heterocycles. The van der Waals surface area contributed by atoms with E-state index in [-0.39, 0.29) is 0 Å². The van der Waals surface area contributed by atoms with Crippen LogP contribution in [0.15, 0.2) is 127 Å². The lowest BCUT2D eigenvalue weighted by atomic mass is 9.95. The molecule has 5 aromatic carbocycles. The van der Waals surface area contributed by atoms with Gasteiger partial charge >= 0.3 is 0 Å². The van der Waals surface area contributed by atoms with Crippen LogP contribution >= 0.6 is 7.14 Å². The lowest BCUT2D eigenvalue weighted by Gasteiger charge is -2.25. The van der Waals surface area contributed by atoms with Gasteiger partial charge < -0.3 is 4.57 Å². The van der Waals surface area contributed by atoms with Gasteiger partial charge in [-0.2, -0.15) is 0 Å². The topological polar surface area (TPSA) is 17.1 Å². The number of hydrogen-bond donors (Lipinski definition) is 0. The van der Waals surface area contributed by atoms with Crippen molar-refractivity contribution < 1.29 is 4.57 Å². The third kappa shape index (κ3) is 5.15. The van der Waals surface area contributed by atoms with E-state index in [2.05, 4.69) is 118 Å². The van der Waals surface area contributed by atoms with Crippen LogP contribution in [0.3, 0.4) is 0 Å². The highest BCUT2D eigenvalue weighted by Crippen LogP contribution is 2.46. The second-order valence-electron chi connectivity index (χ2n) is 9.64. The zero-order valence-electron chi connectivity index (χ0n) is 21.6. The van der Waals surface area contributed by atoms with E-state index >= 15 is 4.57 Å². The SMILES string of the molecule is Cc1cccc(P(=O)(c2cccc(C)c2)c2cc(C)ccc2/C(=C/c2ccccc2)c2ccccc2)c1. The quantitative estimate of drug-likeness (QED) is 0.172. The average Bonchev–Trinajstić information content (AvgIpc) is 2.92. The summed E-state index contributed by atoms with van der Waals surface area (Å²) >= 11 is 0. The van der Waals surface area contributed by atoms with Gasteiger partial charge in [0.2, 0.25) is 0 Å². The molecule has 0 N–H and O–H groups in total. The monoisotopic (exact) mass is 498 g/mol. The lowest BCUT2D eigenvalue weighted by Crippen LogP contribution is -2.28. The second-order valence-corrected chi connectivity index (χ2v) is 12.4. The molecule has 0 aliphatic carbocycles. The Kier molecular flexibility index (Phi) is 7.08. The first-order valence-electron chi connectivity index (χ1n) is 12.6. The van der Waals surface area contributed by atoms with Crippen molar-refractivity contribution in [2.24, 2.45) is 0 Å². The van der Waals surface area contributed by atoms with Crippen molar-refractivity contribution in [1.82, 2.24) is 0 Å². The van der Waals surface area contributed by atoms with Gasteiger partial charge in [-0.3, -0.25) is 0 Å². The molecule has 0 spiro atoms. The standard InChI is InChI=1S/C35H31OP/c1-26-12-10-18-31(22-26)37(36,32-19-11-13-27(2)23-32)35-24-28(3)20-21-33(35)34(30-16-8-5-9-17-30)25-29-14-6-4-7-15-29/h4-25H,1-3H3/b34-25+. The van der Waals surface area contributed by atoms with E-state index in [4.69, 9.17) is 0 Å². The molecule has 0 aromatic heterocycles. The molecule has 37 heavy (non-hydrogen) atoms. The summed E-state index contributed by atoms with van der Waals surface area (Å²) < 4.78 is 15.7. The highest BCUT2D eigenvalue weighted by atomic mass is 31.2. The summed E-state index contributed by atoms with van der Waals surface area (Å²) in [6, 6.07) is 43.5. The average molecular weight is 499 g/mol. The van der Waals surface area contributed by atoms with Crippen LogP contribution in [0.1, 0.15) is 33.4 Å². The summed E-state index contributed by atoms with van der Waals surface area (Å²) in [6.07, 6.45) is 2.21. The molecule has 0 bridgehead atoms. The van der Waals surface area contributed by atoms with Crippen molar-refractivity contribution in [2.75, 3.05) is 0 Å². The number of benzene rings is 5. The third-order valence-corrected chi connectivity index (χ3v) is 9.77. The number of rotatable bonds is 6. The third-order valence-electron chi connectivity index (χ3n) is 6.71. The summed E-state index contributed by atoms with van der Waals surface area (Å²) in [5.41, 5.74) is 7.54. The number of aryl methyl sites for hydroxylation is 3. The smallest absolute Gasteiger partial charge is 0.171 e. The molecule has 0 fully saturated rings. The van der Waals surface area contributed by atoms with Gasteiger partial charge in [-0.05, 0) is 67.3 Å². The predicted octanol–water partition coefficient (Wildman–Crippen LogP) is 7.84. The van der Waals surface area contributed by atoms with Gasteiger partial charge in [0.25, 0.3) is 0 Å². The summed E-state index contributed by atoms with van der Waals surface area (Å²) in [4.78, 5) is 0. The molecule has 0 amide bonds. The molecule has 5 aromatic rings. The Labute approximate surface area is 220 Å². The van der Waals surface area contributed by atoms with Crippen molar-refractivity contribution in [3.05, 3.63) is 161 Å². The van der Waals surface area contributed by atoms with E-state index in [0.717, 1.165) is 54.9 Å². The van der Waals surface area contributed by atoms with Crippen LogP contribution in [0.5, 0.6) is 0 Å². The minimum absolute atomic E-state index is 0.858. The lowest BCUT2D eigenvalue weighted by molar-refractivity contribution is 0.592. The van der Waals surface area contributed by atoms with Crippen LogP contribution in [0.4, 0.5) is 0 Å². The van der Waals surface area contributed by atoms with E-state index in [0.29, 0.717) is 0 Å². The van der Waals surface area contributed by atoms with Gasteiger partial charge in [0.05, 0.1) is 0 Å². The summed E-state index contributed by atoms with van der Waals surface area (Å²) in [5, 5.41) is 2.59. The Morgan fingerprint density at radius 1 is 0.568 bits per heavy atom. The molecule has 0 unspecified atom stereocenters. The van der Waals surface area contributed by atoms with Crippen molar-refractivity contribution in [3.63, 3.8) is 0 Å². The van der Waals surface area contributed by atoms with Crippen LogP contribution in [-0.2, 0) is 4.57 Å². The number of hydrogen-bond acceptors (Lipinski definition) is 1. The summed E-state index contributed by atoms with van der Waals surface area (Å²) in [7, 11) is -3.21. The van der Waals surface area contributed by atoms with Crippen molar-refractivity contribution in [1.29, 1.82) is 0 Å². The fourth-order valence-electron chi connectivity index (χ4n) is 4.86. The Morgan fingerprint density at radius 3 is 1.68 bits per heavy atom. The van der Waals surface area contributed by atoms with Crippen molar-refractivity contribution in [3.8, 4) is 0 Å². The van der Waals surface area contributed by atoms with Gasteiger partial charge in [-0.1, -0.05) is 126 Å². The maximum atomic E-state index is 15.7. The zero-order valence-corrected chi connectivity index (χ0v) is 22.5. The fraction of sp³-hybridized carbons (Fsp3) is 0.0857. The molecular formula is C35H31OP. The molecular weight excluding hydrogens is 467 g/mol. The Morgan fingerprint density at radius 2 is 1.11 bits per heavy atom. The first-order valence-corrected chi connectivity index (χ1v) is 14.3.